The van der Waals surface area contributed by atoms with Crippen LogP contribution in [-0.4, -0.2) is 22.2 Å². The van der Waals surface area contributed by atoms with E-state index in [1.165, 1.54) is 25.7 Å². The van der Waals surface area contributed by atoms with Crippen LogP contribution in [0.4, 0.5) is 0 Å². The number of hydrogen-bond donors (Lipinski definition) is 2. The quantitative estimate of drug-likeness (QED) is 0.544. The molecule has 0 bridgehead atoms. The number of nitrogens with zero attached hydrogens (tertiary/aromatic N) is 1. The second-order valence-corrected chi connectivity index (χ2v) is 3.90. The highest BCUT2D eigenvalue weighted by Crippen LogP contribution is 1.97. The summed E-state index contributed by atoms with van der Waals surface area (Å²) in [6, 6.07) is 0. The summed E-state index contributed by atoms with van der Waals surface area (Å²) in [6.45, 7) is 4.53. The van der Waals surface area contributed by atoms with E-state index in [1.807, 2.05) is 12.5 Å². The topological polar surface area (TPSA) is 80.0 Å². The number of H-pyrrole nitrogens is 1. The minimum atomic E-state index is -1.44. The van der Waals surface area contributed by atoms with Crippen molar-refractivity contribution in [1.82, 2.24) is 4.98 Å². The molecule has 1 aromatic heterocycles. The molecule has 0 saturated heterocycles. The summed E-state index contributed by atoms with van der Waals surface area (Å²) in [4.78, 5) is 12.4. The Morgan fingerprint density at radius 2 is 2.12 bits per heavy atom. The van der Waals surface area contributed by atoms with E-state index >= 15 is 0 Å². The lowest BCUT2D eigenvalue weighted by Crippen LogP contribution is -2.32. The second kappa shape index (κ2) is 9.84. The molecule has 5 heteroatoms. The van der Waals surface area contributed by atoms with Crippen molar-refractivity contribution in [3.05, 3.63) is 18.7 Å². The number of hydrogen-bond acceptors (Lipinski definition) is 3. The zero-order chi connectivity index (χ0) is 13.1. The Morgan fingerprint density at radius 3 is 2.53 bits per heavy atom. The highest BCUT2D eigenvalue weighted by atomic mass is 16.4. The Kier molecular flexibility index (Phi) is 9.05. The van der Waals surface area contributed by atoms with Gasteiger partial charge in [-0.15, -0.1) is 0 Å². The Morgan fingerprint density at radius 1 is 1.47 bits per heavy atom. The number of aromatic nitrogens is 2. The van der Waals surface area contributed by atoms with Crippen molar-refractivity contribution in [3.63, 3.8) is 0 Å². The molecule has 17 heavy (non-hydrogen) atoms. The van der Waals surface area contributed by atoms with Crippen molar-refractivity contribution in [1.29, 1.82) is 0 Å². The van der Waals surface area contributed by atoms with Crippen LogP contribution in [0, 0.1) is 0 Å². The van der Waals surface area contributed by atoms with Crippen molar-refractivity contribution in [2.45, 2.75) is 52.2 Å². The largest absolute Gasteiger partial charge is 0.547 e. The van der Waals surface area contributed by atoms with Gasteiger partial charge in [-0.2, -0.15) is 0 Å². The number of aliphatic hydroxyl groups is 1. The van der Waals surface area contributed by atoms with E-state index < -0.39 is 12.1 Å². The van der Waals surface area contributed by atoms with Crippen LogP contribution in [0.25, 0.3) is 0 Å². The van der Waals surface area contributed by atoms with E-state index in [1.54, 1.807) is 0 Å². The minimum Gasteiger partial charge on any atom is -0.547 e. The van der Waals surface area contributed by atoms with Gasteiger partial charge in [0.05, 0.1) is 18.6 Å². The Labute approximate surface area is 102 Å². The molecule has 0 aliphatic carbocycles. The van der Waals surface area contributed by atoms with Crippen LogP contribution >= 0.6 is 0 Å². The van der Waals surface area contributed by atoms with E-state index in [4.69, 9.17) is 5.11 Å². The molecular weight excluding hydrogens is 220 g/mol. The van der Waals surface area contributed by atoms with Gasteiger partial charge in [-0.25, -0.2) is 4.57 Å². The minimum absolute atomic E-state index is 1.13. The number of carbonyl (C=O) groups excluding carboxylic acids is 1. The highest BCUT2D eigenvalue weighted by Gasteiger charge is 1.94. The van der Waals surface area contributed by atoms with Gasteiger partial charge in [0, 0.05) is 0 Å². The Balaban J connectivity index is 0.000000366. The predicted octanol–water partition coefficient (Wildman–Crippen LogP) is -0.000400. The van der Waals surface area contributed by atoms with E-state index in [0.29, 0.717) is 0 Å². The maximum atomic E-state index is 9.34. The average Bonchev–Trinajstić information content (AvgIpc) is 2.78. The van der Waals surface area contributed by atoms with Gasteiger partial charge in [-0.05, 0) is 19.8 Å². The number of rotatable bonds is 6. The molecule has 1 rings (SSSR count). The van der Waals surface area contributed by atoms with Gasteiger partial charge >= 0.3 is 0 Å². The Bertz CT molecular complexity index is 284. The maximum absolute atomic E-state index is 9.34. The van der Waals surface area contributed by atoms with Crippen LogP contribution in [0.3, 0.4) is 0 Å². The summed E-state index contributed by atoms with van der Waals surface area (Å²) < 4.78 is 2.19. The summed E-state index contributed by atoms with van der Waals surface area (Å²) in [7, 11) is 0. The third-order valence-corrected chi connectivity index (χ3v) is 2.21. The molecule has 0 aliphatic rings. The summed E-state index contributed by atoms with van der Waals surface area (Å²) >= 11 is 0. The van der Waals surface area contributed by atoms with Gasteiger partial charge in [0.1, 0.15) is 12.4 Å². The third-order valence-electron chi connectivity index (χ3n) is 2.21. The molecule has 0 saturated carbocycles. The van der Waals surface area contributed by atoms with E-state index in [9.17, 15) is 9.90 Å². The first-order valence-electron chi connectivity index (χ1n) is 5.98. The molecule has 98 valence electrons. The van der Waals surface area contributed by atoms with Gasteiger partial charge in [0.15, 0.2) is 0 Å². The summed E-state index contributed by atoms with van der Waals surface area (Å²) in [6.07, 6.45) is 10.0. The number of imidazole rings is 1. The molecule has 5 nitrogen and oxygen atoms in total. The molecule has 0 aliphatic heterocycles. The molecule has 2 N–H and O–H groups in total. The van der Waals surface area contributed by atoms with E-state index in [0.717, 1.165) is 13.5 Å². The van der Waals surface area contributed by atoms with Crippen molar-refractivity contribution in [3.8, 4) is 0 Å². The van der Waals surface area contributed by atoms with Crippen molar-refractivity contribution < 1.29 is 19.6 Å². The second-order valence-electron chi connectivity index (χ2n) is 3.90. The molecule has 0 fully saturated rings. The lowest BCUT2D eigenvalue weighted by atomic mass is 10.2. The fourth-order valence-corrected chi connectivity index (χ4v) is 1.18. The summed E-state index contributed by atoms with van der Waals surface area (Å²) in [5.74, 6) is -1.44. The number of aromatic amines is 1. The van der Waals surface area contributed by atoms with Crippen LogP contribution in [-0.2, 0) is 11.3 Å². The number of carboxylic acid groups (broad SMARTS) is 1. The number of carbonyl (C=O) groups is 1. The monoisotopic (exact) mass is 242 g/mol. The predicted molar refractivity (Wildman–Crippen MR) is 61.8 cm³/mol. The average molecular weight is 242 g/mol. The zero-order valence-corrected chi connectivity index (χ0v) is 10.6. The fourth-order valence-electron chi connectivity index (χ4n) is 1.18. The molecule has 1 heterocycles. The number of aryl methyl sites for hydroxylation is 1. The smallest absolute Gasteiger partial charge is 0.241 e. The maximum Gasteiger partial charge on any atom is 0.241 e. The molecule has 0 amide bonds. The molecule has 0 unspecified atom stereocenters. The number of aliphatic hydroxyl groups excluding tert-OH is 1. The Hall–Kier alpha value is -1.36. The van der Waals surface area contributed by atoms with Crippen LogP contribution in [0.5, 0.6) is 0 Å². The summed E-state index contributed by atoms with van der Waals surface area (Å²) in [5.41, 5.74) is 0. The fraction of sp³-hybridized carbons (Fsp3) is 0.667. The third kappa shape index (κ3) is 9.56. The molecule has 0 radical (unpaired) electrons. The lowest BCUT2D eigenvalue weighted by Gasteiger charge is -2.00. The first-order valence-corrected chi connectivity index (χ1v) is 5.98. The lowest BCUT2D eigenvalue weighted by molar-refractivity contribution is -0.696. The van der Waals surface area contributed by atoms with Gasteiger partial charge in [0.2, 0.25) is 6.33 Å². The standard InChI is InChI=1S/C9H16N2.C3H6O3/c1-2-3-4-5-7-11-8-6-10-9-11;1-2(4)3(5)6/h6,8-9H,2-5,7H2,1H3;2,4H,1H3,(H,5,6)/t;2-/m.0/s1. The normalized spacial score (nSPS) is 11.5. The van der Waals surface area contributed by atoms with Gasteiger partial charge < -0.3 is 15.0 Å². The zero-order valence-electron chi connectivity index (χ0n) is 10.6. The highest BCUT2D eigenvalue weighted by molar-refractivity contribution is 5.68. The van der Waals surface area contributed by atoms with Crippen molar-refractivity contribution >= 4 is 5.97 Å². The van der Waals surface area contributed by atoms with E-state index in [2.05, 4.69) is 22.7 Å². The van der Waals surface area contributed by atoms with Gasteiger partial charge in [0.25, 0.3) is 0 Å². The molecule has 0 spiro atoms. The van der Waals surface area contributed by atoms with Crippen LogP contribution in [0.1, 0.15) is 39.5 Å². The van der Waals surface area contributed by atoms with Crippen LogP contribution < -0.4 is 9.67 Å². The first-order chi connectivity index (χ1) is 8.07. The first kappa shape index (κ1) is 15.6. The molecule has 0 aromatic carbocycles. The van der Waals surface area contributed by atoms with Crippen LogP contribution in [0.15, 0.2) is 18.7 Å². The molecule has 1 atom stereocenters. The van der Waals surface area contributed by atoms with Gasteiger partial charge in [-0.3, -0.25) is 4.98 Å². The number of nitrogens with one attached hydrogen (secondary N) is 1. The number of unbranched alkanes of at least 4 members (excludes halogenated alkanes) is 3. The molecular formula is C12H22N2O3. The van der Waals surface area contributed by atoms with Crippen molar-refractivity contribution in [2.75, 3.05) is 0 Å². The SMILES string of the molecule is CCCCCC[n+]1cc[nH]c1.C[C@H](O)C(=O)[O-]. The van der Waals surface area contributed by atoms with Crippen LogP contribution in [0.2, 0.25) is 0 Å². The van der Waals surface area contributed by atoms with Gasteiger partial charge in [-0.1, -0.05) is 19.8 Å². The number of aliphatic carboxylic acids is 1. The van der Waals surface area contributed by atoms with Crippen molar-refractivity contribution in [2.24, 2.45) is 0 Å². The number of carboxylic acids is 1. The molecule has 1 aromatic rings. The summed E-state index contributed by atoms with van der Waals surface area (Å²) in [5, 5.41) is 17.3. The van der Waals surface area contributed by atoms with E-state index in [-0.39, 0.29) is 0 Å².